The van der Waals surface area contributed by atoms with Gasteiger partial charge in [-0.1, -0.05) is 17.7 Å². The molecule has 1 aliphatic rings. The molecule has 1 aliphatic heterocycles. The maximum atomic E-state index is 11.4. The summed E-state index contributed by atoms with van der Waals surface area (Å²) in [6.07, 6.45) is 1.44. The largest absolute Gasteiger partial charge is 0.330 e. The quantitative estimate of drug-likeness (QED) is 0.771. The van der Waals surface area contributed by atoms with Crippen molar-refractivity contribution in [3.63, 3.8) is 0 Å². The highest BCUT2D eigenvalue weighted by Gasteiger charge is 2.24. The van der Waals surface area contributed by atoms with Crippen LogP contribution in [0.3, 0.4) is 0 Å². The molecule has 3 N–H and O–H groups in total. The van der Waals surface area contributed by atoms with E-state index in [9.17, 15) is 4.79 Å². The molecule has 0 aliphatic carbocycles. The first-order chi connectivity index (χ1) is 7.20. The zero-order chi connectivity index (χ0) is 10.8. The first-order valence-electron chi connectivity index (χ1n) is 5.31. The highest BCUT2D eigenvalue weighted by Crippen LogP contribution is 2.34. The number of rotatable bonds is 2. The first-order valence-corrected chi connectivity index (χ1v) is 5.31. The number of fused-ring (bicyclic) bond motifs is 1. The van der Waals surface area contributed by atoms with Crippen molar-refractivity contribution >= 4 is 11.6 Å². The molecule has 2 rings (SSSR count). The lowest BCUT2D eigenvalue weighted by atomic mass is 9.87. The van der Waals surface area contributed by atoms with Crippen molar-refractivity contribution in [2.75, 3.05) is 11.9 Å². The van der Waals surface area contributed by atoms with Crippen molar-refractivity contribution < 1.29 is 4.79 Å². The standard InChI is InChI=1S/C12H16N2O/c1-8-2-3-11-10(6-8)9(4-5-13)7-12(15)14-11/h2-3,6,9H,4-5,7,13H2,1H3,(H,14,15). The van der Waals surface area contributed by atoms with Crippen LogP contribution >= 0.6 is 0 Å². The molecule has 3 heteroatoms. The molecular weight excluding hydrogens is 188 g/mol. The van der Waals surface area contributed by atoms with Crippen molar-refractivity contribution in [3.8, 4) is 0 Å². The van der Waals surface area contributed by atoms with Gasteiger partial charge in [-0.05, 0) is 37.4 Å². The Bertz CT molecular complexity index is 387. The van der Waals surface area contributed by atoms with E-state index in [2.05, 4.69) is 18.3 Å². The lowest BCUT2D eigenvalue weighted by Gasteiger charge is -2.25. The van der Waals surface area contributed by atoms with Crippen LogP contribution in [-0.4, -0.2) is 12.5 Å². The average Bonchev–Trinajstić information content (AvgIpc) is 2.19. The van der Waals surface area contributed by atoms with Crippen molar-refractivity contribution in [2.24, 2.45) is 5.73 Å². The number of benzene rings is 1. The molecule has 0 saturated carbocycles. The number of carbonyl (C=O) groups is 1. The molecule has 1 amide bonds. The lowest BCUT2D eigenvalue weighted by molar-refractivity contribution is -0.116. The summed E-state index contributed by atoms with van der Waals surface area (Å²) in [6, 6.07) is 6.14. The SMILES string of the molecule is Cc1ccc2c(c1)C(CCN)CC(=O)N2. The zero-order valence-electron chi connectivity index (χ0n) is 8.92. The molecule has 1 aromatic rings. The molecule has 1 unspecified atom stereocenters. The highest BCUT2D eigenvalue weighted by atomic mass is 16.1. The summed E-state index contributed by atoms with van der Waals surface area (Å²) < 4.78 is 0. The van der Waals surface area contributed by atoms with Gasteiger partial charge in [0.05, 0.1) is 0 Å². The average molecular weight is 204 g/mol. The van der Waals surface area contributed by atoms with E-state index in [1.807, 2.05) is 12.1 Å². The third-order valence-electron chi connectivity index (χ3n) is 2.87. The van der Waals surface area contributed by atoms with Gasteiger partial charge in [0.25, 0.3) is 0 Å². The summed E-state index contributed by atoms with van der Waals surface area (Å²) >= 11 is 0. The van der Waals surface area contributed by atoms with E-state index in [4.69, 9.17) is 5.73 Å². The first kappa shape index (κ1) is 10.2. The van der Waals surface area contributed by atoms with E-state index < -0.39 is 0 Å². The van der Waals surface area contributed by atoms with E-state index in [-0.39, 0.29) is 5.91 Å². The third-order valence-corrected chi connectivity index (χ3v) is 2.87. The lowest BCUT2D eigenvalue weighted by Crippen LogP contribution is -2.24. The topological polar surface area (TPSA) is 55.1 Å². The van der Waals surface area contributed by atoms with Gasteiger partial charge in [0, 0.05) is 12.1 Å². The second kappa shape index (κ2) is 4.03. The van der Waals surface area contributed by atoms with Gasteiger partial charge in [-0.3, -0.25) is 4.79 Å². The van der Waals surface area contributed by atoms with E-state index in [0.29, 0.717) is 18.9 Å². The van der Waals surface area contributed by atoms with Crippen molar-refractivity contribution in [2.45, 2.75) is 25.7 Å². The van der Waals surface area contributed by atoms with Crippen molar-refractivity contribution in [1.82, 2.24) is 0 Å². The van der Waals surface area contributed by atoms with Gasteiger partial charge in [0.15, 0.2) is 0 Å². The van der Waals surface area contributed by atoms with Gasteiger partial charge < -0.3 is 11.1 Å². The van der Waals surface area contributed by atoms with Crippen LogP contribution in [0.1, 0.15) is 29.9 Å². The molecule has 0 aromatic heterocycles. The Morgan fingerprint density at radius 1 is 1.53 bits per heavy atom. The Labute approximate surface area is 89.7 Å². The van der Waals surface area contributed by atoms with Gasteiger partial charge >= 0.3 is 0 Å². The molecule has 0 bridgehead atoms. The molecule has 0 spiro atoms. The maximum Gasteiger partial charge on any atom is 0.224 e. The number of hydrogen-bond donors (Lipinski definition) is 2. The number of aryl methyl sites for hydroxylation is 1. The van der Waals surface area contributed by atoms with E-state index >= 15 is 0 Å². The summed E-state index contributed by atoms with van der Waals surface area (Å²) in [4.78, 5) is 11.4. The number of amides is 1. The smallest absolute Gasteiger partial charge is 0.224 e. The normalized spacial score (nSPS) is 19.6. The molecule has 3 nitrogen and oxygen atoms in total. The van der Waals surface area contributed by atoms with E-state index in [1.54, 1.807) is 0 Å². The Balaban J connectivity index is 2.38. The number of nitrogens with one attached hydrogen (secondary N) is 1. The fraction of sp³-hybridized carbons (Fsp3) is 0.417. The maximum absolute atomic E-state index is 11.4. The van der Waals surface area contributed by atoms with Crippen LogP contribution in [0.5, 0.6) is 0 Å². The molecule has 1 aromatic carbocycles. The predicted molar refractivity (Wildman–Crippen MR) is 60.8 cm³/mol. The second-order valence-electron chi connectivity index (χ2n) is 4.12. The van der Waals surface area contributed by atoms with E-state index in [1.165, 1.54) is 11.1 Å². The molecule has 1 atom stereocenters. The van der Waals surface area contributed by atoms with Crippen molar-refractivity contribution in [3.05, 3.63) is 29.3 Å². The monoisotopic (exact) mass is 204 g/mol. The van der Waals surface area contributed by atoms with Crippen LogP contribution < -0.4 is 11.1 Å². The van der Waals surface area contributed by atoms with Gasteiger partial charge in [-0.25, -0.2) is 0 Å². The van der Waals surface area contributed by atoms with E-state index in [0.717, 1.165) is 12.1 Å². The summed E-state index contributed by atoms with van der Waals surface area (Å²) in [5, 5.41) is 2.90. The third kappa shape index (κ3) is 2.02. The summed E-state index contributed by atoms with van der Waals surface area (Å²) in [5.41, 5.74) is 8.99. The van der Waals surface area contributed by atoms with Crippen LogP contribution in [0, 0.1) is 6.92 Å². The minimum Gasteiger partial charge on any atom is -0.330 e. The highest BCUT2D eigenvalue weighted by molar-refractivity contribution is 5.94. The minimum atomic E-state index is 0.102. The Hall–Kier alpha value is -1.35. The van der Waals surface area contributed by atoms with Crippen LogP contribution in [0.2, 0.25) is 0 Å². The summed E-state index contributed by atoms with van der Waals surface area (Å²) in [7, 11) is 0. The second-order valence-corrected chi connectivity index (χ2v) is 4.12. The minimum absolute atomic E-state index is 0.102. The molecule has 80 valence electrons. The van der Waals surface area contributed by atoms with Crippen LogP contribution in [0.4, 0.5) is 5.69 Å². The summed E-state index contributed by atoms with van der Waals surface area (Å²) in [6.45, 7) is 2.70. The van der Waals surface area contributed by atoms with Gasteiger partial charge in [-0.15, -0.1) is 0 Å². The van der Waals surface area contributed by atoms with Gasteiger partial charge in [-0.2, -0.15) is 0 Å². The van der Waals surface area contributed by atoms with Crippen LogP contribution in [0.15, 0.2) is 18.2 Å². The Morgan fingerprint density at radius 3 is 3.07 bits per heavy atom. The number of hydrogen-bond acceptors (Lipinski definition) is 2. The number of anilines is 1. The predicted octanol–water partition coefficient (Wildman–Crippen LogP) is 1.77. The molecule has 0 radical (unpaired) electrons. The Kier molecular flexibility index (Phi) is 2.73. The summed E-state index contributed by atoms with van der Waals surface area (Å²) in [5.74, 6) is 0.392. The van der Waals surface area contributed by atoms with Gasteiger partial charge in [0.2, 0.25) is 5.91 Å². The molecular formula is C12H16N2O. The fourth-order valence-corrected chi connectivity index (χ4v) is 2.13. The zero-order valence-corrected chi connectivity index (χ0v) is 8.92. The van der Waals surface area contributed by atoms with Gasteiger partial charge in [0.1, 0.15) is 0 Å². The molecule has 0 saturated heterocycles. The Morgan fingerprint density at radius 2 is 2.33 bits per heavy atom. The van der Waals surface area contributed by atoms with Crippen LogP contribution in [0.25, 0.3) is 0 Å². The fourth-order valence-electron chi connectivity index (χ4n) is 2.13. The molecule has 0 fully saturated rings. The number of carbonyl (C=O) groups excluding carboxylic acids is 1. The van der Waals surface area contributed by atoms with Crippen LogP contribution in [-0.2, 0) is 4.79 Å². The molecule has 1 heterocycles. The number of nitrogens with two attached hydrogens (primary N) is 1. The van der Waals surface area contributed by atoms with Crippen molar-refractivity contribution in [1.29, 1.82) is 0 Å². The molecule has 15 heavy (non-hydrogen) atoms.